The molecule has 2 aliphatic rings. The standard InChI is InChI=1S/C30H37N2O/c1-7-31(8-2)22-15-17-26-28(19-22)33-29-20-23(32(9-3)10-4)16-18-27(29)30(26)25-14-12-11-13-24(25)21(5)6/h11-21H,7-10H2,1-6H3/q+1. The second-order valence-electron chi connectivity index (χ2n) is 8.92. The van der Waals surface area contributed by atoms with Crippen molar-refractivity contribution < 1.29 is 4.42 Å². The Morgan fingerprint density at radius 1 is 0.818 bits per heavy atom. The molecule has 172 valence electrons. The van der Waals surface area contributed by atoms with Crippen LogP contribution in [0.2, 0.25) is 0 Å². The molecule has 3 heteroatoms. The zero-order valence-electron chi connectivity index (χ0n) is 21.0. The zero-order chi connectivity index (χ0) is 23.5. The van der Waals surface area contributed by atoms with Gasteiger partial charge in [0.1, 0.15) is 24.4 Å². The number of nitrogens with zero attached hydrogens (tertiary/aromatic N) is 2. The van der Waals surface area contributed by atoms with Crippen LogP contribution in [0, 0.1) is 0 Å². The van der Waals surface area contributed by atoms with Crippen molar-refractivity contribution in [3.8, 4) is 22.5 Å². The first-order chi connectivity index (χ1) is 16.0. The normalized spacial score (nSPS) is 11.5. The van der Waals surface area contributed by atoms with Gasteiger partial charge in [-0.15, -0.1) is 0 Å². The lowest BCUT2D eigenvalue weighted by atomic mass is 9.87. The van der Waals surface area contributed by atoms with Gasteiger partial charge in [-0.1, -0.05) is 38.1 Å². The predicted molar refractivity (Wildman–Crippen MR) is 142 cm³/mol. The van der Waals surface area contributed by atoms with Crippen LogP contribution in [0.25, 0.3) is 33.4 Å². The third-order valence-corrected chi connectivity index (χ3v) is 6.80. The number of anilines is 1. The molecular formula is C30H37N2O+. The lowest BCUT2D eigenvalue weighted by Crippen LogP contribution is -2.29. The number of hydrogen-bond donors (Lipinski definition) is 0. The SMILES string of the molecule is CCN(CC)c1ccc2c(-c3ccccc3C(C)C)c3ccc(=[N+](CC)CC)cc-3oc2c1. The lowest BCUT2D eigenvalue weighted by Gasteiger charge is -2.23. The summed E-state index contributed by atoms with van der Waals surface area (Å²) in [6.07, 6.45) is 0. The van der Waals surface area contributed by atoms with E-state index in [-0.39, 0.29) is 0 Å². The molecule has 4 rings (SSSR count). The minimum absolute atomic E-state index is 0.438. The summed E-state index contributed by atoms with van der Waals surface area (Å²) in [6.45, 7) is 17.3. The highest BCUT2D eigenvalue weighted by Gasteiger charge is 2.21. The molecule has 1 aliphatic carbocycles. The Morgan fingerprint density at radius 2 is 1.55 bits per heavy atom. The number of hydrogen-bond acceptors (Lipinski definition) is 2. The first-order valence-electron chi connectivity index (χ1n) is 12.4. The molecule has 0 saturated heterocycles. The van der Waals surface area contributed by atoms with Gasteiger partial charge in [-0.25, -0.2) is 4.58 Å². The molecule has 2 aromatic rings. The van der Waals surface area contributed by atoms with E-state index < -0.39 is 0 Å². The van der Waals surface area contributed by atoms with Gasteiger partial charge in [0.05, 0.1) is 6.07 Å². The van der Waals surface area contributed by atoms with Gasteiger partial charge in [0.2, 0.25) is 5.36 Å². The fraction of sp³-hybridized carbons (Fsp3) is 0.367. The smallest absolute Gasteiger partial charge is 0.203 e. The molecule has 3 nitrogen and oxygen atoms in total. The fourth-order valence-corrected chi connectivity index (χ4v) is 4.96. The van der Waals surface area contributed by atoms with E-state index >= 15 is 0 Å². The van der Waals surface area contributed by atoms with E-state index in [2.05, 4.69) is 112 Å². The maximum absolute atomic E-state index is 6.62. The van der Waals surface area contributed by atoms with Crippen molar-refractivity contribution in [2.24, 2.45) is 0 Å². The van der Waals surface area contributed by atoms with Gasteiger partial charge < -0.3 is 9.32 Å². The van der Waals surface area contributed by atoms with Gasteiger partial charge in [-0.05, 0) is 62.9 Å². The Balaban J connectivity index is 2.12. The maximum atomic E-state index is 6.62. The van der Waals surface area contributed by atoms with Crippen LogP contribution in [0.4, 0.5) is 5.69 Å². The van der Waals surface area contributed by atoms with Gasteiger partial charge >= 0.3 is 0 Å². The van der Waals surface area contributed by atoms with E-state index in [0.29, 0.717) is 5.92 Å². The third-order valence-electron chi connectivity index (χ3n) is 6.80. The Bertz CT molecular complexity index is 1290. The number of rotatable bonds is 7. The van der Waals surface area contributed by atoms with Crippen LogP contribution in [0.15, 0.2) is 65.1 Å². The largest absolute Gasteiger partial charge is 0.456 e. The van der Waals surface area contributed by atoms with Crippen molar-refractivity contribution in [1.29, 1.82) is 0 Å². The van der Waals surface area contributed by atoms with Crippen LogP contribution < -0.4 is 14.8 Å². The Hall–Kier alpha value is -3.07. The zero-order valence-corrected chi connectivity index (χ0v) is 21.0. The average molecular weight is 442 g/mol. The lowest BCUT2D eigenvalue weighted by molar-refractivity contribution is 0.604. The highest BCUT2D eigenvalue weighted by Crippen LogP contribution is 2.43. The van der Waals surface area contributed by atoms with Gasteiger partial charge in [-0.3, -0.25) is 0 Å². The van der Waals surface area contributed by atoms with Gasteiger partial charge in [0, 0.05) is 47.4 Å². The van der Waals surface area contributed by atoms with Crippen molar-refractivity contribution in [2.75, 3.05) is 31.1 Å². The van der Waals surface area contributed by atoms with Crippen LogP contribution in [-0.2, 0) is 0 Å². The molecule has 0 atom stereocenters. The topological polar surface area (TPSA) is 19.4 Å². The van der Waals surface area contributed by atoms with Crippen LogP contribution in [0.1, 0.15) is 53.0 Å². The molecule has 0 fully saturated rings. The molecule has 0 saturated carbocycles. The van der Waals surface area contributed by atoms with E-state index in [1.165, 1.54) is 38.7 Å². The van der Waals surface area contributed by atoms with E-state index in [9.17, 15) is 0 Å². The Morgan fingerprint density at radius 3 is 2.21 bits per heavy atom. The second kappa shape index (κ2) is 9.82. The molecule has 0 bridgehead atoms. The summed E-state index contributed by atoms with van der Waals surface area (Å²) in [6, 6.07) is 22.2. The first-order valence-corrected chi connectivity index (χ1v) is 12.4. The summed E-state index contributed by atoms with van der Waals surface area (Å²) in [5.74, 6) is 1.38. The van der Waals surface area contributed by atoms with E-state index in [1.54, 1.807) is 0 Å². The molecule has 33 heavy (non-hydrogen) atoms. The second-order valence-corrected chi connectivity index (χ2v) is 8.92. The van der Waals surface area contributed by atoms with Crippen LogP contribution in [0.3, 0.4) is 0 Å². The predicted octanol–water partition coefficient (Wildman–Crippen LogP) is 6.99. The summed E-state index contributed by atoms with van der Waals surface area (Å²) in [5, 5.41) is 2.38. The minimum atomic E-state index is 0.438. The summed E-state index contributed by atoms with van der Waals surface area (Å²) in [4.78, 5) is 2.37. The average Bonchev–Trinajstić information content (AvgIpc) is 2.84. The third kappa shape index (κ3) is 4.29. The number of fused-ring (bicyclic) bond motifs is 2. The fourth-order valence-electron chi connectivity index (χ4n) is 4.96. The van der Waals surface area contributed by atoms with Crippen molar-refractivity contribution in [3.63, 3.8) is 0 Å². The molecule has 0 spiro atoms. The molecule has 0 aromatic heterocycles. The van der Waals surface area contributed by atoms with Gasteiger partial charge in [0.25, 0.3) is 0 Å². The summed E-state index contributed by atoms with van der Waals surface area (Å²) < 4.78 is 8.98. The molecule has 1 aliphatic heterocycles. The monoisotopic (exact) mass is 441 g/mol. The van der Waals surface area contributed by atoms with Crippen molar-refractivity contribution in [2.45, 2.75) is 47.5 Å². The minimum Gasteiger partial charge on any atom is -0.456 e. The summed E-state index contributed by atoms with van der Waals surface area (Å²) in [5.41, 5.74) is 7.25. The summed E-state index contributed by atoms with van der Waals surface area (Å²) in [7, 11) is 0. The summed E-state index contributed by atoms with van der Waals surface area (Å²) >= 11 is 0. The van der Waals surface area contributed by atoms with E-state index in [4.69, 9.17) is 4.42 Å². The Kier molecular flexibility index (Phi) is 6.88. The molecule has 0 N–H and O–H groups in total. The van der Waals surface area contributed by atoms with E-state index in [1.807, 2.05) is 0 Å². The van der Waals surface area contributed by atoms with E-state index in [0.717, 1.165) is 37.5 Å². The van der Waals surface area contributed by atoms with Gasteiger partial charge in [-0.2, -0.15) is 0 Å². The molecule has 0 unspecified atom stereocenters. The van der Waals surface area contributed by atoms with Crippen molar-refractivity contribution >= 4 is 16.7 Å². The maximum Gasteiger partial charge on any atom is 0.203 e. The molecule has 0 radical (unpaired) electrons. The molecule has 1 heterocycles. The van der Waals surface area contributed by atoms with Crippen molar-refractivity contribution in [3.05, 3.63) is 71.6 Å². The quantitative estimate of drug-likeness (QED) is 0.227. The molecular weight excluding hydrogens is 404 g/mol. The highest BCUT2D eigenvalue weighted by atomic mass is 16.3. The first kappa shape index (κ1) is 23.1. The highest BCUT2D eigenvalue weighted by molar-refractivity contribution is 6.03. The van der Waals surface area contributed by atoms with Crippen LogP contribution >= 0.6 is 0 Å². The van der Waals surface area contributed by atoms with Crippen LogP contribution in [0.5, 0.6) is 0 Å². The molecule has 0 amide bonds. The Labute approximate surface area is 198 Å². The van der Waals surface area contributed by atoms with Crippen molar-refractivity contribution in [1.82, 2.24) is 4.58 Å². The van der Waals surface area contributed by atoms with Crippen LogP contribution in [-0.4, -0.2) is 26.2 Å². The van der Waals surface area contributed by atoms with Gasteiger partial charge in [0.15, 0.2) is 0 Å². The number of benzene rings is 3. The molecule has 2 aromatic carbocycles.